The Hall–Kier alpha value is -1.19. The first-order chi connectivity index (χ1) is 9.74. The molecule has 1 aliphatic carbocycles. The molecule has 1 fully saturated rings. The molecule has 108 valence electrons. The highest BCUT2D eigenvalue weighted by molar-refractivity contribution is 5.84. The van der Waals surface area contributed by atoms with E-state index in [1.54, 1.807) is 0 Å². The Bertz CT molecular complexity index is 486. The summed E-state index contributed by atoms with van der Waals surface area (Å²) in [6, 6.07) is 8.59. The molecule has 0 radical (unpaired) electrons. The van der Waals surface area contributed by atoms with Gasteiger partial charge in [0.2, 0.25) is 0 Å². The van der Waals surface area contributed by atoms with Crippen LogP contribution in [-0.2, 0) is 16.0 Å². The molecular formula is C17H23NO2. The summed E-state index contributed by atoms with van der Waals surface area (Å²) < 4.78 is 5.65. The van der Waals surface area contributed by atoms with Gasteiger partial charge < -0.3 is 9.64 Å². The number of ketones is 1. The Kier molecular flexibility index (Phi) is 4.18. The first kappa shape index (κ1) is 13.8. The second-order valence-corrected chi connectivity index (χ2v) is 6.08. The molecule has 0 spiro atoms. The van der Waals surface area contributed by atoms with E-state index in [-0.39, 0.29) is 11.9 Å². The van der Waals surface area contributed by atoms with E-state index in [0.29, 0.717) is 18.9 Å². The molecule has 2 atom stereocenters. The van der Waals surface area contributed by atoms with Crippen LogP contribution in [0.1, 0.15) is 36.3 Å². The largest absolute Gasteiger partial charge is 0.368 e. The molecule has 3 nitrogen and oxygen atoms in total. The van der Waals surface area contributed by atoms with Crippen LogP contribution in [0.25, 0.3) is 0 Å². The summed E-state index contributed by atoms with van der Waals surface area (Å²) in [5.41, 5.74) is 2.81. The van der Waals surface area contributed by atoms with Gasteiger partial charge in [-0.3, -0.25) is 4.79 Å². The fraction of sp³-hybridized carbons (Fsp3) is 0.588. The molecule has 1 saturated heterocycles. The summed E-state index contributed by atoms with van der Waals surface area (Å²) in [5.74, 6) is 0.668. The summed E-state index contributed by atoms with van der Waals surface area (Å²) in [5, 5.41) is 0. The van der Waals surface area contributed by atoms with Crippen LogP contribution in [0.3, 0.4) is 0 Å². The number of rotatable bonds is 3. The molecule has 0 bridgehead atoms. The van der Waals surface area contributed by atoms with Gasteiger partial charge in [-0.15, -0.1) is 0 Å². The van der Waals surface area contributed by atoms with Crippen molar-refractivity contribution in [1.29, 1.82) is 0 Å². The third-order valence-corrected chi connectivity index (χ3v) is 4.57. The molecule has 1 aliphatic heterocycles. The molecule has 0 aromatic heterocycles. The number of aryl methyl sites for hydroxylation is 1. The zero-order chi connectivity index (χ0) is 13.9. The molecule has 0 N–H and O–H groups in total. The minimum absolute atomic E-state index is 0.220. The number of hydrogen-bond acceptors (Lipinski definition) is 3. The average Bonchev–Trinajstić information content (AvgIpc) is 2.47. The lowest BCUT2D eigenvalue weighted by Crippen LogP contribution is -2.44. The maximum Gasteiger partial charge on any atom is 0.163 e. The molecule has 0 saturated carbocycles. The SMILES string of the molecule is CN1CCOC(C(=O)CC2CCCc3ccccc32)C1. The second-order valence-electron chi connectivity index (χ2n) is 6.08. The van der Waals surface area contributed by atoms with Crippen LogP contribution in [0.5, 0.6) is 0 Å². The standard InChI is InChI=1S/C17H23NO2/c1-18-9-10-20-17(12-18)16(19)11-14-7-4-6-13-5-2-3-8-15(13)14/h2-3,5,8,14,17H,4,6-7,9-12H2,1H3. The number of benzene rings is 1. The lowest BCUT2D eigenvalue weighted by atomic mass is 9.80. The monoisotopic (exact) mass is 273 g/mol. The third kappa shape index (κ3) is 2.94. The summed E-state index contributed by atoms with van der Waals surface area (Å²) in [6.07, 6.45) is 3.90. The van der Waals surface area contributed by atoms with E-state index in [1.807, 2.05) is 0 Å². The van der Waals surface area contributed by atoms with Gasteiger partial charge in [0, 0.05) is 19.5 Å². The molecule has 20 heavy (non-hydrogen) atoms. The van der Waals surface area contributed by atoms with E-state index in [0.717, 1.165) is 25.9 Å². The van der Waals surface area contributed by atoms with Gasteiger partial charge in [-0.05, 0) is 43.4 Å². The minimum Gasteiger partial charge on any atom is -0.368 e. The van der Waals surface area contributed by atoms with E-state index >= 15 is 0 Å². The summed E-state index contributed by atoms with van der Waals surface area (Å²) in [6.45, 7) is 2.34. The van der Waals surface area contributed by atoms with Gasteiger partial charge in [0.15, 0.2) is 5.78 Å². The maximum absolute atomic E-state index is 12.5. The molecule has 1 aromatic rings. The number of morpholine rings is 1. The molecule has 0 amide bonds. The van der Waals surface area contributed by atoms with Crippen LogP contribution in [0, 0.1) is 0 Å². The fourth-order valence-corrected chi connectivity index (χ4v) is 3.41. The molecule has 2 aliphatic rings. The topological polar surface area (TPSA) is 29.5 Å². The van der Waals surface area contributed by atoms with Crippen molar-refractivity contribution >= 4 is 5.78 Å². The van der Waals surface area contributed by atoms with Crippen LogP contribution < -0.4 is 0 Å². The van der Waals surface area contributed by atoms with E-state index in [4.69, 9.17) is 4.74 Å². The van der Waals surface area contributed by atoms with Crippen molar-refractivity contribution in [2.24, 2.45) is 0 Å². The molecule has 2 unspecified atom stereocenters. The Labute approximate surface area is 120 Å². The van der Waals surface area contributed by atoms with Crippen molar-refractivity contribution in [3.8, 4) is 0 Å². The van der Waals surface area contributed by atoms with Crippen LogP contribution in [-0.4, -0.2) is 43.5 Å². The van der Waals surface area contributed by atoms with Gasteiger partial charge in [0.25, 0.3) is 0 Å². The third-order valence-electron chi connectivity index (χ3n) is 4.57. The average molecular weight is 273 g/mol. The highest BCUT2D eigenvalue weighted by Gasteiger charge is 2.29. The van der Waals surface area contributed by atoms with Gasteiger partial charge in [-0.2, -0.15) is 0 Å². The van der Waals surface area contributed by atoms with Crippen molar-refractivity contribution < 1.29 is 9.53 Å². The number of Topliss-reactive ketones (excluding diaryl/α,β-unsaturated/α-hetero) is 1. The van der Waals surface area contributed by atoms with Crippen molar-refractivity contribution in [2.45, 2.75) is 37.7 Å². The summed E-state index contributed by atoms with van der Waals surface area (Å²) in [4.78, 5) is 14.7. The van der Waals surface area contributed by atoms with Crippen molar-refractivity contribution in [2.75, 3.05) is 26.7 Å². The summed E-state index contributed by atoms with van der Waals surface area (Å²) >= 11 is 0. The molecule has 3 heteroatoms. The summed E-state index contributed by atoms with van der Waals surface area (Å²) in [7, 11) is 2.05. The van der Waals surface area contributed by atoms with E-state index in [9.17, 15) is 4.79 Å². The number of ether oxygens (including phenoxy) is 1. The highest BCUT2D eigenvalue weighted by Crippen LogP contribution is 2.34. The predicted octanol–water partition coefficient (Wildman–Crippen LogP) is 2.40. The van der Waals surface area contributed by atoms with Gasteiger partial charge >= 0.3 is 0 Å². The van der Waals surface area contributed by atoms with Crippen molar-refractivity contribution in [1.82, 2.24) is 4.90 Å². The Morgan fingerprint density at radius 1 is 1.40 bits per heavy atom. The van der Waals surface area contributed by atoms with Crippen LogP contribution in [0.4, 0.5) is 0 Å². The lowest BCUT2D eigenvalue weighted by Gasteiger charge is -2.31. The minimum atomic E-state index is -0.220. The van der Waals surface area contributed by atoms with E-state index in [1.165, 1.54) is 17.5 Å². The Balaban J connectivity index is 1.68. The number of hydrogen-bond donors (Lipinski definition) is 0. The van der Waals surface area contributed by atoms with E-state index in [2.05, 4.69) is 36.2 Å². The zero-order valence-corrected chi connectivity index (χ0v) is 12.2. The number of carbonyl (C=O) groups is 1. The van der Waals surface area contributed by atoms with E-state index < -0.39 is 0 Å². The van der Waals surface area contributed by atoms with Crippen LogP contribution >= 0.6 is 0 Å². The number of nitrogens with zero attached hydrogens (tertiary/aromatic N) is 1. The molecule has 3 rings (SSSR count). The Morgan fingerprint density at radius 3 is 3.10 bits per heavy atom. The normalized spacial score (nSPS) is 27.1. The zero-order valence-electron chi connectivity index (χ0n) is 12.2. The quantitative estimate of drug-likeness (QED) is 0.847. The first-order valence-electron chi connectivity index (χ1n) is 7.64. The maximum atomic E-state index is 12.5. The Morgan fingerprint density at radius 2 is 2.25 bits per heavy atom. The van der Waals surface area contributed by atoms with Gasteiger partial charge in [0.1, 0.15) is 6.10 Å². The smallest absolute Gasteiger partial charge is 0.163 e. The number of carbonyl (C=O) groups excluding carboxylic acids is 1. The fourth-order valence-electron chi connectivity index (χ4n) is 3.41. The van der Waals surface area contributed by atoms with Gasteiger partial charge in [0.05, 0.1) is 6.61 Å². The van der Waals surface area contributed by atoms with Gasteiger partial charge in [-0.25, -0.2) is 0 Å². The number of likely N-dealkylation sites (N-methyl/N-ethyl adjacent to an activating group) is 1. The molecule has 1 aromatic carbocycles. The highest BCUT2D eigenvalue weighted by atomic mass is 16.5. The van der Waals surface area contributed by atoms with Crippen LogP contribution in [0.15, 0.2) is 24.3 Å². The molecular weight excluding hydrogens is 250 g/mol. The number of fused-ring (bicyclic) bond motifs is 1. The van der Waals surface area contributed by atoms with Crippen molar-refractivity contribution in [3.63, 3.8) is 0 Å². The van der Waals surface area contributed by atoms with Gasteiger partial charge in [-0.1, -0.05) is 24.3 Å². The predicted molar refractivity (Wildman–Crippen MR) is 79.0 cm³/mol. The van der Waals surface area contributed by atoms with Crippen molar-refractivity contribution in [3.05, 3.63) is 35.4 Å². The second kappa shape index (κ2) is 6.06. The first-order valence-corrected chi connectivity index (χ1v) is 7.64. The lowest BCUT2D eigenvalue weighted by molar-refractivity contribution is -0.136. The molecule has 1 heterocycles. The van der Waals surface area contributed by atoms with Crippen LogP contribution in [0.2, 0.25) is 0 Å².